The highest BCUT2D eigenvalue weighted by Crippen LogP contribution is 2.33. The zero-order chi connectivity index (χ0) is 42.5. The monoisotopic (exact) mass is 832 g/mol. The number of hydrogen-bond acceptors (Lipinski definition) is 11. The van der Waals surface area contributed by atoms with Crippen LogP contribution in [0.15, 0.2) is 47.4 Å². The fourth-order valence-electron chi connectivity index (χ4n) is 4.91. The molecule has 17 nitrogen and oxygen atoms in total. The number of aromatic nitrogens is 7. The van der Waals surface area contributed by atoms with Gasteiger partial charge in [-0.05, 0) is 70.5 Å². The van der Waals surface area contributed by atoms with Crippen LogP contribution in [0.25, 0.3) is 17.2 Å². The number of nitrogens with zero attached hydrogens (tertiary/aromatic N) is 7. The second-order valence-corrected chi connectivity index (χ2v) is 13.6. The quantitative estimate of drug-likeness (QED) is 0.0943. The summed E-state index contributed by atoms with van der Waals surface area (Å²) in [6.07, 6.45) is -13.7. The average Bonchev–Trinajstić information content (AvgIpc) is 3.66. The Bertz CT molecular complexity index is 2160. The van der Waals surface area contributed by atoms with Gasteiger partial charge in [-0.2, -0.15) is 31.0 Å². The minimum atomic E-state index is -5.22. The number of pyridine rings is 1. The van der Waals surface area contributed by atoms with Crippen LogP contribution >= 0.6 is 11.6 Å². The molecule has 0 aliphatic carbocycles. The van der Waals surface area contributed by atoms with Crippen LogP contribution in [0.4, 0.5) is 31.1 Å². The van der Waals surface area contributed by atoms with E-state index in [9.17, 15) is 50.3 Å². The Morgan fingerprint density at radius 3 is 2.26 bits per heavy atom. The van der Waals surface area contributed by atoms with E-state index < -0.39 is 102 Å². The van der Waals surface area contributed by atoms with Crippen LogP contribution in [-0.2, 0) is 38.3 Å². The molecule has 0 fully saturated rings. The van der Waals surface area contributed by atoms with Crippen molar-refractivity contribution in [3.05, 3.63) is 75.3 Å². The van der Waals surface area contributed by atoms with E-state index in [0.29, 0.717) is 20.0 Å². The van der Waals surface area contributed by atoms with Crippen molar-refractivity contribution in [1.82, 2.24) is 44.7 Å². The highest BCUT2D eigenvalue weighted by molar-refractivity contribution is 6.30. The molecule has 24 heteroatoms. The number of esters is 1. The number of ether oxygens (including phenoxy) is 2. The predicted octanol–water partition coefficient (Wildman–Crippen LogP) is 3.79. The smallest absolute Gasteiger partial charge is 0.427 e. The zero-order valence-corrected chi connectivity index (χ0v) is 31.2. The Kier molecular flexibility index (Phi) is 13.4. The van der Waals surface area contributed by atoms with E-state index in [4.69, 9.17) is 26.8 Å². The van der Waals surface area contributed by atoms with Crippen LogP contribution in [0, 0.1) is 0 Å². The number of nitrogens with two attached hydrogens (primary N) is 1. The van der Waals surface area contributed by atoms with E-state index in [1.165, 1.54) is 31.2 Å². The molecule has 0 spiro atoms. The topological polar surface area (TPSA) is 220 Å². The predicted molar refractivity (Wildman–Crippen MR) is 186 cm³/mol. The van der Waals surface area contributed by atoms with Crippen molar-refractivity contribution in [2.75, 3.05) is 6.54 Å². The van der Waals surface area contributed by atoms with E-state index in [2.05, 4.69) is 30.8 Å². The van der Waals surface area contributed by atoms with Crippen molar-refractivity contribution >= 4 is 35.5 Å². The number of nitrogens with one attached hydrogen (secondary N) is 2. The molecule has 4 rings (SSSR count). The van der Waals surface area contributed by atoms with Gasteiger partial charge in [-0.25, -0.2) is 24.2 Å². The lowest BCUT2D eigenvalue weighted by Crippen LogP contribution is -2.46. The van der Waals surface area contributed by atoms with Crippen LogP contribution in [0.5, 0.6) is 0 Å². The van der Waals surface area contributed by atoms with Gasteiger partial charge in [0, 0.05) is 29.7 Å². The molecule has 0 bridgehead atoms. The molecule has 1 aromatic carbocycles. The average molecular weight is 833 g/mol. The van der Waals surface area contributed by atoms with Crippen LogP contribution in [-0.4, -0.2) is 88.4 Å². The minimum absolute atomic E-state index is 0.0771. The first-order valence-corrected chi connectivity index (χ1v) is 17.1. The second-order valence-electron chi connectivity index (χ2n) is 13.2. The molecule has 0 aliphatic heterocycles. The lowest BCUT2D eigenvalue weighted by molar-refractivity contribution is -0.224. The molecule has 4 aromatic rings. The number of alkyl halides is 6. The number of halogens is 7. The maximum absolute atomic E-state index is 14.3. The van der Waals surface area contributed by atoms with Crippen LogP contribution in [0.2, 0.25) is 5.02 Å². The van der Waals surface area contributed by atoms with Gasteiger partial charge in [0.2, 0.25) is 17.8 Å². The van der Waals surface area contributed by atoms with Crippen LogP contribution < -0.4 is 22.1 Å². The van der Waals surface area contributed by atoms with Gasteiger partial charge in [-0.15, -0.1) is 10.2 Å². The molecular weight excluding hydrogens is 798 g/mol. The van der Waals surface area contributed by atoms with Gasteiger partial charge in [0.25, 0.3) is 5.91 Å². The summed E-state index contributed by atoms with van der Waals surface area (Å²) in [5.41, 5.74) is 2.06. The highest BCUT2D eigenvalue weighted by Gasteiger charge is 2.44. The summed E-state index contributed by atoms with van der Waals surface area (Å²) < 4.78 is 95.6. The summed E-state index contributed by atoms with van der Waals surface area (Å²) in [5, 5.41) is 12.9. The Morgan fingerprint density at radius 1 is 1.00 bits per heavy atom. The van der Waals surface area contributed by atoms with Crippen molar-refractivity contribution in [1.29, 1.82) is 0 Å². The summed E-state index contributed by atoms with van der Waals surface area (Å²) in [6.45, 7) is 3.94. The summed E-state index contributed by atoms with van der Waals surface area (Å²) >= 11 is 5.96. The van der Waals surface area contributed by atoms with E-state index in [1.54, 1.807) is 20.8 Å². The van der Waals surface area contributed by atoms with E-state index >= 15 is 0 Å². The molecule has 57 heavy (non-hydrogen) atoms. The molecule has 0 aliphatic rings. The van der Waals surface area contributed by atoms with Crippen LogP contribution in [0.3, 0.4) is 0 Å². The molecule has 0 saturated heterocycles. The first kappa shape index (κ1) is 43.7. The van der Waals surface area contributed by atoms with Gasteiger partial charge in [0.05, 0.1) is 6.54 Å². The van der Waals surface area contributed by atoms with Gasteiger partial charge < -0.3 is 25.8 Å². The number of carbonyl (C=O) groups is 4. The zero-order valence-electron chi connectivity index (χ0n) is 30.4. The third kappa shape index (κ3) is 11.8. The number of primary amides is 1. The number of carbonyl (C=O) groups excluding carboxylic acids is 4. The molecule has 4 N–H and O–H groups in total. The summed E-state index contributed by atoms with van der Waals surface area (Å²) in [7, 11) is 0. The third-order valence-electron chi connectivity index (χ3n) is 7.45. The number of rotatable bonds is 14. The number of alkyl carbamates (subject to hydrolysis) is 1. The van der Waals surface area contributed by atoms with Gasteiger partial charge in [-0.1, -0.05) is 11.6 Å². The third-order valence-corrected chi connectivity index (χ3v) is 7.70. The van der Waals surface area contributed by atoms with Gasteiger partial charge >= 0.3 is 30.1 Å². The lowest BCUT2D eigenvalue weighted by Gasteiger charge is -2.22. The number of amides is 3. The lowest BCUT2D eigenvalue weighted by atomic mass is 10.2. The van der Waals surface area contributed by atoms with E-state index in [1.807, 2.05) is 0 Å². The van der Waals surface area contributed by atoms with Crippen molar-refractivity contribution in [3.63, 3.8) is 0 Å². The highest BCUT2D eigenvalue weighted by atomic mass is 35.5. The summed E-state index contributed by atoms with van der Waals surface area (Å²) in [5.74, 6) is -5.88. The normalized spacial score (nSPS) is 13.1. The fourth-order valence-corrected chi connectivity index (χ4v) is 5.04. The number of benzene rings is 1. The fraction of sp³-hybridized carbons (Fsp3) is 0.424. The van der Waals surface area contributed by atoms with Gasteiger partial charge in [0.15, 0.2) is 17.5 Å². The SMILES string of the molecule is C[C@H](NC(=O)OC(C)(C)C)C(=O)NCCCC(=O)O[C@@H](Cn1c(-c2ccc(Cl)cc2)nn(Cc2nc(C(N)=O)n(-c3ncccc3C(F)(F)F)n2)c1=O)C(F)(F)F. The van der Waals surface area contributed by atoms with E-state index in [0.717, 1.165) is 12.3 Å². The Balaban J connectivity index is 1.56. The molecule has 0 radical (unpaired) electrons. The van der Waals surface area contributed by atoms with Crippen LogP contribution in [0.1, 0.15) is 62.5 Å². The Hall–Kier alpha value is -6.00. The molecule has 3 amide bonds. The molecular formula is C33H35ClF6N10O7. The second kappa shape index (κ2) is 17.4. The largest absolute Gasteiger partial charge is 0.451 e. The molecule has 0 unspecified atom stereocenters. The maximum Gasteiger partial charge on any atom is 0.427 e. The van der Waals surface area contributed by atoms with Crippen molar-refractivity contribution in [3.8, 4) is 17.2 Å². The molecule has 2 atom stereocenters. The first-order chi connectivity index (χ1) is 26.4. The van der Waals surface area contributed by atoms with Crippen molar-refractivity contribution in [2.24, 2.45) is 5.73 Å². The standard InChI is InChI=1S/C33H35ClF6N10O7/c1-17(44-29(54)57-31(2,3)4)28(53)43-14-6-8-23(51)56-21(33(38,39)40)15-48-25(18-9-11-19(34)12-10-18)47-49(30(48)55)16-22-45-27(24(41)52)50(46-22)26-20(32(35,36)37)7-5-13-42-26/h5,7,9-13,17,21H,6,8,14-16H2,1-4H3,(H2,41,52)(H,43,53)(H,44,54)/t17-,21-/m0/s1. The molecule has 0 saturated carbocycles. The first-order valence-electron chi connectivity index (χ1n) is 16.7. The Morgan fingerprint density at radius 2 is 1.67 bits per heavy atom. The van der Waals surface area contributed by atoms with Crippen molar-refractivity contribution < 1.29 is 55.0 Å². The van der Waals surface area contributed by atoms with E-state index in [-0.39, 0.29) is 29.4 Å². The van der Waals surface area contributed by atoms with Gasteiger partial charge in [-0.3, -0.25) is 19.0 Å². The molecule has 3 aromatic heterocycles. The van der Waals surface area contributed by atoms with Gasteiger partial charge in [0.1, 0.15) is 23.8 Å². The maximum atomic E-state index is 14.3. The Labute approximate surface area is 323 Å². The molecule has 308 valence electrons. The minimum Gasteiger partial charge on any atom is -0.451 e. The van der Waals surface area contributed by atoms with Crippen molar-refractivity contribution in [2.45, 2.75) is 83.7 Å². The summed E-state index contributed by atoms with van der Waals surface area (Å²) in [4.78, 5) is 70.1. The molecule has 3 heterocycles. The summed E-state index contributed by atoms with van der Waals surface area (Å²) in [6, 6.07) is 5.97. The number of hydrogen-bond donors (Lipinski definition) is 3.